The van der Waals surface area contributed by atoms with E-state index in [2.05, 4.69) is 5.16 Å². The fraction of sp³-hybridized carbons (Fsp3) is 0.222. The molecule has 0 aliphatic carbocycles. The van der Waals surface area contributed by atoms with Crippen molar-refractivity contribution in [2.24, 2.45) is 5.16 Å². The van der Waals surface area contributed by atoms with Gasteiger partial charge in [0.15, 0.2) is 13.7 Å². The van der Waals surface area contributed by atoms with Crippen molar-refractivity contribution >= 4 is 17.4 Å². The monoisotopic (exact) mass is 477 g/mol. The minimum Gasteiger partial charge on any atom is -0.489 e. The molecule has 0 aliphatic heterocycles. The SMILES string of the molecule is CON=C(CC(=O)O)c1ccc(OCc2ccc(OCC(c3ccccc3)=[N+](C)OC)cc2)cc1. The molecule has 0 radical (unpaired) electrons. The van der Waals surface area contributed by atoms with Crippen LogP contribution < -0.4 is 9.47 Å². The number of hydrogen-bond donors (Lipinski definition) is 1. The molecule has 0 bridgehead atoms. The van der Waals surface area contributed by atoms with Gasteiger partial charge < -0.3 is 19.4 Å². The lowest BCUT2D eigenvalue weighted by molar-refractivity contribution is -0.761. The summed E-state index contributed by atoms with van der Waals surface area (Å²) in [5, 5.41) is 12.8. The molecule has 0 atom stereocenters. The van der Waals surface area contributed by atoms with Crippen molar-refractivity contribution in [2.45, 2.75) is 13.0 Å². The first-order valence-electron chi connectivity index (χ1n) is 11.0. The van der Waals surface area contributed by atoms with Crippen molar-refractivity contribution < 1.29 is 33.8 Å². The zero-order chi connectivity index (χ0) is 25.0. The fourth-order valence-electron chi connectivity index (χ4n) is 3.28. The Hall–Kier alpha value is -4.33. The van der Waals surface area contributed by atoms with Crippen molar-refractivity contribution in [3.63, 3.8) is 0 Å². The van der Waals surface area contributed by atoms with Gasteiger partial charge in [-0.15, -0.1) is 0 Å². The highest BCUT2D eigenvalue weighted by atomic mass is 16.7. The van der Waals surface area contributed by atoms with Crippen LogP contribution in [0.5, 0.6) is 11.5 Å². The number of ether oxygens (including phenoxy) is 2. The maximum Gasteiger partial charge on any atom is 0.309 e. The third kappa shape index (κ3) is 7.60. The molecule has 3 rings (SSSR count). The molecule has 0 fully saturated rings. The van der Waals surface area contributed by atoms with Crippen molar-refractivity contribution in [3.05, 3.63) is 95.6 Å². The molecular formula is C27H29N2O6+. The first kappa shape index (κ1) is 25.3. The predicted molar refractivity (Wildman–Crippen MR) is 132 cm³/mol. The van der Waals surface area contributed by atoms with E-state index in [1.165, 1.54) is 7.11 Å². The summed E-state index contributed by atoms with van der Waals surface area (Å²) in [5.41, 5.74) is 3.91. The average molecular weight is 478 g/mol. The summed E-state index contributed by atoms with van der Waals surface area (Å²) in [5.74, 6) is 0.416. The number of hydrogen-bond acceptors (Lipinski definition) is 6. The van der Waals surface area contributed by atoms with Crippen LogP contribution in [0.15, 0.2) is 84.0 Å². The summed E-state index contributed by atoms with van der Waals surface area (Å²) < 4.78 is 13.5. The number of carboxylic acids is 1. The van der Waals surface area contributed by atoms with Gasteiger partial charge in [0.2, 0.25) is 0 Å². The van der Waals surface area contributed by atoms with Crippen molar-refractivity contribution in [2.75, 3.05) is 27.9 Å². The number of benzene rings is 3. The Bertz CT molecular complexity index is 1160. The van der Waals surface area contributed by atoms with E-state index in [9.17, 15) is 4.79 Å². The molecule has 35 heavy (non-hydrogen) atoms. The lowest BCUT2D eigenvalue weighted by atomic mass is 10.1. The zero-order valence-corrected chi connectivity index (χ0v) is 20.0. The van der Waals surface area contributed by atoms with Crippen molar-refractivity contribution in [1.82, 2.24) is 0 Å². The van der Waals surface area contributed by atoms with E-state index in [0.29, 0.717) is 30.2 Å². The standard InChI is InChI=1S/C27H28N2O6/c1-29(33-3)26(22-7-5-4-6-8-22)19-35-23-13-9-20(10-14-23)18-34-24-15-11-21(12-16-24)25(28-32-2)17-27(30)31/h4-16H,17-19H2,1-3H3/p+1. The zero-order valence-electron chi connectivity index (χ0n) is 20.0. The van der Waals surface area contributed by atoms with Crippen LogP contribution >= 0.6 is 0 Å². The number of aliphatic carboxylic acids is 1. The number of carboxylic acid groups (broad SMARTS) is 1. The molecule has 1 N–H and O–H groups in total. The van der Waals surface area contributed by atoms with Gasteiger partial charge in [-0.2, -0.15) is 0 Å². The Balaban J connectivity index is 1.57. The van der Waals surface area contributed by atoms with Crippen LogP contribution in [0, 0.1) is 0 Å². The second-order valence-corrected chi connectivity index (χ2v) is 7.53. The topological polar surface area (TPSA) is 89.6 Å². The van der Waals surface area contributed by atoms with E-state index in [4.69, 9.17) is 24.3 Å². The van der Waals surface area contributed by atoms with Gasteiger partial charge in [0.1, 0.15) is 32.3 Å². The molecule has 0 saturated heterocycles. The van der Waals surface area contributed by atoms with Gasteiger partial charge in [-0.3, -0.25) is 9.63 Å². The van der Waals surface area contributed by atoms with Crippen LogP contribution in [0.25, 0.3) is 0 Å². The number of oxime groups is 1. The molecule has 8 nitrogen and oxygen atoms in total. The summed E-state index contributed by atoms with van der Waals surface area (Å²) in [7, 11) is 4.84. The molecule has 0 aliphatic rings. The normalized spacial score (nSPS) is 11.9. The minimum absolute atomic E-state index is 0.227. The van der Waals surface area contributed by atoms with E-state index in [1.807, 2.05) is 61.6 Å². The van der Waals surface area contributed by atoms with Gasteiger partial charge >= 0.3 is 5.97 Å². The van der Waals surface area contributed by atoms with Gasteiger partial charge in [-0.05, 0) is 58.8 Å². The Kier molecular flexibility index (Phi) is 9.24. The third-order valence-corrected chi connectivity index (χ3v) is 5.17. The Morgan fingerprint density at radius 3 is 2.09 bits per heavy atom. The molecule has 8 heteroatoms. The Morgan fingerprint density at radius 2 is 1.49 bits per heavy atom. The fourth-order valence-corrected chi connectivity index (χ4v) is 3.28. The molecule has 0 unspecified atom stereocenters. The Morgan fingerprint density at radius 1 is 0.857 bits per heavy atom. The molecule has 0 heterocycles. The van der Waals surface area contributed by atoms with E-state index in [1.54, 1.807) is 36.1 Å². The molecule has 0 amide bonds. The molecule has 182 valence electrons. The summed E-state index contributed by atoms with van der Waals surface area (Å²) in [6.45, 7) is 0.731. The molecule has 0 aromatic heterocycles. The molecule has 3 aromatic carbocycles. The van der Waals surface area contributed by atoms with E-state index < -0.39 is 5.97 Å². The van der Waals surface area contributed by atoms with E-state index >= 15 is 0 Å². The predicted octanol–water partition coefficient (Wildman–Crippen LogP) is 4.16. The summed E-state index contributed by atoms with van der Waals surface area (Å²) in [4.78, 5) is 21.1. The number of rotatable bonds is 12. The third-order valence-electron chi connectivity index (χ3n) is 5.17. The number of nitrogens with zero attached hydrogens (tertiary/aromatic N) is 2. The second-order valence-electron chi connectivity index (χ2n) is 7.53. The highest BCUT2D eigenvalue weighted by Crippen LogP contribution is 2.18. The second kappa shape index (κ2) is 12.8. The van der Waals surface area contributed by atoms with E-state index in [0.717, 1.165) is 22.6 Å². The van der Waals surface area contributed by atoms with E-state index in [-0.39, 0.29) is 6.42 Å². The average Bonchev–Trinajstić information content (AvgIpc) is 2.88. The van der Waals surface area contributed by atoms with Gasteiger partial charge in [0.05, 0.1) is 12.1 Å². The highest BCUT2D eigenvalue weighted by molar-refractivity contribution is 6.08. The number of carbonyl (C=O) groups is 1. The maximum atomic E-state index is 11.0. The lowest BCUT2D eigenvalue weighted by Crippen LogP contribution is -2.24. The van der Waals surface area contributed by atoms with Crippen LogP contribution in [-0.2, 0) is 21.1 Å². The van der Waals surface area contributed by atoms with Gasteiger partial charge in [0.25, 0.3) is 5.71 Å². The molecule has 3 aromatic rings. The minimum atomic E-state index is -0.978. The highest BCUT2D eigenvalue weighted by Gasteiger charge is 2.16. The van der Waals surface area contributed by atoms with Crippen LogP contribution in [0.3, 0.4) is 0 Å². The van der Waals surface area contributed by atoms with Crippen LogP contribution in [0.2, 0.25) is 0 Å². The van der Waals surface area contributed by atoms with Crippen LogP contribution in [0.1, 0.15) is 23.1 Å². The summed E-state index contributed by atoms with van der Waals surface area (Å²) in [6.07, 6.45) is -0.227. The summed E-state index contributed by atoms with van der Waals surface area (Å²) in [6, 6.07) is 24.7. The lowest BCUT2D eigenvalue weighted by Gasteiger charge is -2.10. The Labute approximate surface area is 204 Å². The number of hydroxylamine groups is 1. The van der Waals surface area contributed by atoms with Gasteiger partial charge in [0, 0.05) is 11.1 Å². The smallest absolute Gasteiger partial charge is 0.309 e. The molecule has 0 saturated carbocycles. The van der Waals surface area contributed by atoms with Crippen molar-refractivity contribution in [1.29, 1.82) is 0 Å². The molecule has 0 spiro atoms. The first-order valence-corrected chi connectivity index (χ1v) is 11.0. The van der Waals surface area contributed by atoms with Gasteiger partial charge in [-0.25, -0.2) is 0 Å². The first-order chi connectivity index (χ1) is 17.0. The molecular weight excluding hydrogens is 448 g/mol. The van der Waals surface area contributed by atoms with Gasteiger partial charge in [-0.1, -0.05) is 35.5 Å². The largest absolute Gasteiger partial charge is 0.489 e. The maximum absolute atomic E-state index is 11.0. The quantitative estimate of drug-likeness (QED) is 0.239. The summed E-state index contributed by atoms with van der Waals surface area (Å²) >= 11 is 0. The van der Waals surface area contributed by atoms with Crippen LogP contribution in [-0.4, -0.2) is 55.1 Å². The van der Waals surface area contributed by atoms with Crippen molar-refractivity contribution in [3.8, 4) is 11.5 Å². The van der Waals surface area contributed by atoms with Crippen LogP contribution in [0.4, 0.5) is 0 Å².